The minimum Gasteiger partial charge on any atom is -0.475 e. The Balaban J connectivity index is 0.000000707. The maximum Gasteiger partial charge on any atom is 0.490 e. The molecule has 2 aromatic rings. The van der Waals surface area contributed by atoms with Gasteiger partial charge in [-0.2, -0.15) is 26.3 Å². The third kappa shape index (κ3) is 10.5. The third-order valence-electron chi connectivity index (χ3n) is 8.08. The Morgan fingerprint density at radius 2 is 1.64 bits per heavy atom. The number of nitrogens with one attached hydrogen (secondary N) is 1. The predicted molar refractivity (Wildman–Crippen MR) is 155 cm³/mol. The number of benzene rings is 2. The van der Waals surface area contributed by atoms with Crippen LogP contribution in [0.4, 0.5) is 26.3 Å². The number of rotatable bonds is 9. The van der Waals surface area contributed by atoms with E-state index in [9.17, 15) is 39.6 Å². The van der Waals surface area contributed by atoms with Crippen LogP contribution in [0.25, 0.3) is 0 Å². The molecule has 2 N–H and O–H groups in total. The van der Waals surface area contributed by atoms with Crippen molar-refractivity contribution in [2.24, 2.45) is 11.8 Å². The summed E-state index contributed by atoms with van der Waals surface area (Å²) < 4.78 is 97.6. The van der Waals surface area contributed by atoms with Gasteiger partial charge in [0.1, 0.15) is 0 Å². The van der Waals surface area contributed by atoms with Crippen molar-refractivity contribution in [3.8, 4) is 0 Å². The van der Waals surface area contributed by atoms with E-state index < -0.39 is 33.7 Å². The zero-order valence-electron chi connectivity index (χ0n) is 24.9. The molecule has 1 unspecified atom stereocenters. The summed E-state index contributed by atoms with van der Waals surface area (Å²) in [5.41, 5.74) is -0.109. The molecule has 250 valence electrons. The first-order valence-electron chi connectivity index (χ1n) is 14.7. The smallest absolute Gasteiger partial charge is 0.475 e. The molecule has 0 spiro atoms. The summed E-state index contributed by atoms with van der Waals surface area (Å²) in [6, 6.07) is 14.0. The van der Waals surface area contributed by atoms with Gasteiger partial charge in [0, 0.05) is 30.6 Å². The highest BCUT2D eigenvalue weighted by atomic mass is 32.2. The van der Waals surface area contributed by atoms with E-state index in [1.165, 1.54) is 6.07 Å². The summed E-state index contributed by atoms with van der Waals surface area (Å²) in [6.45, 7) is 4.70. The Kier molecular flexibility index (Phi) is 12.1. The molecule has 1 saturated heterocycles. The molecule has 2 aliphatic rings. The molecule has 4 atom stereocenters. The molecular formula is C31H38F6N2O5S. The van der Waals surface area contributed by atoms with Gasteiger partial charge in [0.05, 0.1) is 16.2 Å². The number of carbonyl (C=O) groups is 2. The van der Waals surface area contributed by atoms with Gasteiger partial charge in [-0.05, 0) is 68.2 Å². The Labute approximate surface area is 258 Å². The van der Waals surface area contributed by atoms with Crippen LogP contribution in [-0.2, 0) is 32.0 Å². The summed E-state index contributed by atoms with van der Waals surface area (Å²) in [5, 5.41) is 10.7. The fraction of sp³-hybridized carbons (Fsp3) is 0.548. The van der Waals surface area contributed by atoms with Crippen LogP contribution in [0.3, 0.4) is 0 Å². The quantitative estimate of drug-likeness (QED) is 0.313. The van der Waals surface area contributed by atoms with Gasteiger partial charge < -0.3 is 15.3 Å². The second-order valence-electron chi connectivity index (χ2n) is 11.8. The Hall–Kier alpha value is -3.13. The van der Waals surface area contributed by atoms with Crippen LogP contribution in [0.5, 0.6) is 0 Å². The predicted octanol–water partition coefficient (Wildman–Crippen LogP) is 6.13. The minimum absolute atomic E-state index is 0.000598. The number of hydrogen-bond acceptors (Lipinski definition) is 5. The number of carboxylic acid groups (broad SMARTS) is 1. The molecule has 14 heteroatoms. The lowest BCUT2D eigenvalue weighted by Crippen LogP contribution is -2.51. The molecule has 4 rings (SSSR count). The van der Waals surface area contributed by atoms with Gasteiger partial charge >= 0.3 is 18.3 Å². The Morgan fingerprint density at radius 1 is 1.00 bits per heavy atom. The summed E-state index contributed by atoms with van der Waals surface area (Å²) >= 11 is 0. The van der Waals surface area contributed by atoms with Gasteiger partial charge in [0.15, 0.2) is 9.84 Å². The van der Waals surface area contributed by atoms with Crippen molar-refractivity contribution in [1.29, 1.82) is 0 Å². The number of aliphatic carboxylic acids is 1. The van der Waals surface area contributed by atoms with Crippen LogP contribution in [0, 0.1) is 11.8 Å². The summed E-state index contributed by atoms with van der Waals surface area (Å²) in [7, 11) is -3.53. The lowest BCUT2D eigenvalue weighted by molar-refractivity contribution is -0.192. The van der Waals surface area contributed by atoms with Crippen molar-refractivity contribution in [2.75, 3.05) is 12.3 Å². The summed E-state index contributed by atoms with van der Waals surface area (Å²) in [4.78, 5) is 24.5. The SMILES string of the molecule is CC(C)NC1CC[C@H](N2CC[C@@H](CCc3cccc(C(F)(F)F)c3)C2=O)[C@H](CS(=O)(=O)c2ccccc2)C1.O=C(O)C(F)(F)F. The topological polar surface area (TPSA) is 104 Å². The Bertz CT molecular complexity index is 1400. The van der Waals surface area contributed by atoms with Gasteiger partial charge in [-0.15, -0.1) is 0 Å². The number of carbonyl (C=O) groups excluding carboxylic acids is 1. The van der Waals surface area contributed by atoms with E-state index in [2.05, 4.69) is 19.2 Å². The van der Waals surface area contributed by atoms with E-state index in [4.69, 9.17) is 9.90 Å². The second-order valence-corrected chi connectivity index (χ2v) is 13.8. The third-order valence-corrected chi connectivity index (χ3v) is 9.93. The van der Waals surface area contributed by atoms with Crippen LogP contribution in [-0.4, -0.2) is 66.9 Å². The maximum atomic E-state index is 13.5. The number of nitrogens with zero attached hydrogens (tertiary/aromatic N) is 1. The molecule has 1 saturated carbocycles. The van der Waals surface area contributed by atoms with Crippen LogP contribution < -0.4 is 5.32 Å². The van der Waals surface area contributed by atoms with Gasteiger partial charge in [0.25, 0.3) is 0 Å². The molecule has 2 aromatic carbocycles. The molecule has 1 aliphatic carbocycles. The van der Waals surface area contributed by atoms with E-state index in [-0.39, 0.29) is 41.6 Å². The molecule has 7 nitrogen and oxygen atoms in total. The van der Waals surface area contributed by atoms with E-state index in [1.807, 2.05) is 4.90 Å². The molecule has 2 fully saturated rings. The van der Waals surface area contributed by atoms with Crippen LogP contribution in [0.1, 0.15) is 57.1 Å². The van der Waals surface area contributed by atoms with E-state index >= 15 is 0 Å². The summed E-state index contributed by atoms with van der Waals surface area (Å²) in [6.07, 6.45) is -5.70. The molecule has 1 amide bonds. The molecular weight excluding hydrogens is 626 g/mol. The number of likely N-dealkylation sites (tertiary alicyclic amines) is 1. The van der Waals surface area contributed by atoms with Crippen LogP contribution in [0.15, 0.2) is 59.5 Å². The number of halogens is 6. The van der Waals surface area contributed by atoms with E-state index in [0.29, 0.717) is 42.7 Å². The second kappa shape index (κ2) is 15.0. The number of hydrogen-bond donors (Lipinski definition) is 2. The van der Waals surface area contributed by atoms with Crippen molar-refractivity contribution in [1.82, 2.24) is 10.2 Å². The number of amides is 1. The van der Waals surface area contributed by atoms with Crippen molar-refractivity contribution in [3.05, 3.63) is 65.7 Å². The van der Waals surface area contributed by atoms with Gasteiger partial charge in [0.2, 0.25) is 5.91 Å². The number of alkyl halides is 6. The normalized spacial score (nSPS) is 22.7. The average Bonchev–Trinajstić information content (AvgIpc) is 3.31. The molecule has 1 aliphatic heterocycles. The zero-order valence-corrected chi connectivity index (χ0v) is 25.8. The summed E-state index contributed by atoms with van der Waals surface area (Å²) in [5.74, 6) is -3.23. The fourth-order valence-corrected chi connectivity index (χ4v) is 7.76. The van der Waals surface area contributed by atoms with Crippen molar-refractivity contribution >= 4 is 21.7 Å². The Morgan fingerprint density at radius 3 is 2.22 bits per heavy atom. The highest BCUT2D eigenvalue weighted by molar-refractivity contribution is 7.91. The average molecular weight is 665 g/mol. The first-order valence-corrected chi connectivity index (χ1v) is 16.3. The van der Waals surface area contributed by atoms with E-state index in [0.717, 1.165) is 25.0 Å². The molecule has 0 radical (unpaired) electrons. The van der Waals surface area contributed by atoms with Crippen molar-refractivity contribution in [2.45, 2.75) is 87.7 Å². The highest BCUT2D eigenvalue weighted by Gasteiger charge is 2.43. The monoisotopic (exact) mass is 664 g/mol. The molecule has 0 bridgehead atoms. The largest absolute Gasteiger partial charge is 0.490 e. The van der Waals surface area contributed by atoms with Gasteiger partial charge in [-0.1, -0.05) is 50.2 Å². The number of carboxylic acids is 1. The van der Waals surface area contributed by atoms with Gasteiger partial charge in [-0.25, -0.2) is 13.2 Å². The first-order chi connectivity index (χ1) is 20.9. The number of aryl methyl sites for hydroxylation is 1. The molecule has 0 aromatic heterocycles. The highest BCUT2D eigenvalue weighted by Crippen LogP contribution is 2.36. The lowest BCUT2D eigenvalue weighted by atomic mass is 9.81. The minimum atomic E-state index is -5.08. The molecule has 45 heavy (non-hydrogen) atoms. The van der Waals surface area contributed by atoms with Crippen molar-refractivity contribution in [3.63, 3.8) is 0 Å². The molecule has 1 heterocycles. The standard InChI is InChI=1S/C29H37F3N2O3S.C2HF3O2/c1-20(2)33-25-13-14-27(23(18-25)19-38(36,37)26-9-4-3-5-10-26)34-16-15-22(28(34)35)12-11-21-7-6-8-24(17-21)29(30,31)32;3-2(4,5)1(6)7/h3-10,17,20,22-23,25,27,33H,11-16,18-19H2,1-2H3;(H,6,7)/t22-,23+,25?,27+;/m1./s1. The maximum absolute atomic E-state index is 13.5. The van der Waals surface area contributed by atoms with Gasteiger partial charge in [-0.3, -0.25) is 4.79 Å². The first kappa shape index (κ1) is 36.3. The lowest BCUT2D eigenvalue weighted by Gasteiger charge is -2.42. The van der Waals surface area contributed by atoms with Crippen LogP contribution >= 0.6 is 0 Å². The fourth-order valence-electron chi connectivity index (χ4n) is 6.07. The van der Waals surface area contributed by atoms with E-state index in [1.54, 1.807) is 36.4 Å². The van der Waals surface area contributed by atoms with Crippen LogP contribution in [0.2, 0.25) is 0 Å². The number of sulfone groups is 1. The van der Waals surface area contributed by atoms with Crippen molar-refractivity contribution < 1.29 is 49.5 Å². The zero-order chi connectivity index (χ0) is 33.6.